The largest absolute Gasteiger partial charge is 0.288 e. The van der Waals surface area contributed by atoms with Crippen LogP contribution in [0.25, 0.3) is 4.91 Å². The lowest BCUT2D eigenvalue weighted by molar-refractivity contribution is -0.110. The molecule has 0 unspecified atom stereocenters. The summed E-state index contributed by atoms with van der Waals surface area (Å²) in [5, 5.41) is 0. The maximum atomic E-state index is 11.5. The van der Waals surface area contributed by atoms with Crippen LogP contribution in [0.1, 0.15) is 12.6 Å². The number of carbonyl (C=O) groups is 1. The van der Waals surface area contributed by atoms with E-state index in [0.717, 1.165) is 5.69 Å². The maximum absolute atomic E-state index is 11.5. The number of hydrogen-bond acceptors (Lipinski definition) is 3. The smallest absolute Gasteiger partial charge is 0.199 e. The highest BCUT2D eigenvalue weighted by Gasteiger charge is 2.09. The Kier molecular flexibility index (Phi) is 5.21. The normalized spacial score (nSPS) is 9.00. The molecule has 1 heterocycles. The fourth-order valence-electron chi connectivity index (χ4n) is 1.08. The highest BCUT2D eigenvalue weighted by Crippen LogP contribution is 2.30. The van der Waals surface area contributed by atoms with Crippen molar-refractivity contribution in [3.63, 3.8) is 0 Å². The summed E-state index contributed by atoms with van der Waals surface area (Å²) >= 11 is 1.25. The number of aromatic nitrogens is 1. The number of nitrogens with zero attached hydrogens (tertiary/aromatic N) is 1. The van der Waals surface area contributed by atoms with E-state index in [9.17, 15) is 4.79 Å². The van der Waals surface area contributed by atoms with Gasteiger partial charge in [-0.3, -0.25) is 9.78 Å². The maximum Gasteiger partial charge on any atom is 0.199 e. The summed E-state index contributed by atoms with van der Waals surface area (Å²) in [5.41, 5.74) is 3.63. The van der Waals surface area contributed by atoms with Crippen LogP contribution in [0.2, 0.25) is 0 Å². The zero-order valence-corrected chi connectivity index (χ0v) is 10.5. The van der Waals surface area contributed by atoms with Gasteiger partial charge in [0.25, 0.3) is 0 Å². The molecule has 0 N–H and O–H groups in total. The Hall–Kier alpha value is -1.83. The number of rotatable bonds is 5. The van der Waals surface area contributed by atoms with Crippen molar-refractivity contribution in [3.8, 4) is 0 Å². The summed E-state index contributed by atoms with van der Waals surface area (Å²) in [4.78, 5) is 16.9. The second-order valence-corrected chi connectivity index (χ2v) is 4.18. The topological polar surface area (TPSA) is 30.0 Å². The molecule has 0 aromatic carbocycles. The van der Waals surface area contributed by atoms with Gasteiger partial charge in [0.15, 0.2) is 5.78 Å². The third kappa shape index (κ3) is 3.91. The van der Waals surface area contributed by atoms with Crippen molar-refractivity contribution >= 4 is 22.5 Å². The Morgan fingerprint density at radius 2 is 2.29 bits per heavy atom. The Morgan fingerprint density at radius 3 is 2.82 bits per heavy atom. The molecule has 1 rings (SSSR count). The molecule has 0 amide bonds. The highest BCUT2D eigenvalue weighted by molar-refractivity contribution is 8.12. The van der Waals surface area contributed by atoms with Crippen molar-refractivity contribution in [2.24, 2.45) is 0 Å². The summed E-state index contributed by atoms with van der Waals surface area (Å²) in [6.45, 7) is 9.17. The molecule has 0 atom stereocenters. The van der Waals surface area contributed by atoms with Crippen molar-refractivity contribution in [3.05, 3.63) is 66.0 Å². The number of thioether (sulfide) groups is 1. The zero-order valence-electron chi connectivity index (χ0n) is 9.64. The average molecular weight is 243 g/mol. The first kappa shape index (κ1) is 13.2. The molecule has 1 aromatic rings. The van der Waals surface area contributed by atoms with Gasteiger partial charge in [-0.1, -0.05) is 31.0 Å². The van der Waals surface area contributed by atoms with E-state index in [1.165, 1.54) is 17.8 Å². The minimum Gasteiger partial charge on any atom is -0.288 e. The van der Waals surface area contributed by atoms with Gasteiger partial charge in [0.05, 0.1) is 5.69 Å². The second-order valence-electron chi connectivity index (χ2n) is 3.07. The van der Waals surface area contributed by atoms with Crippen LogP contribution in [0.15, 0.2) is 60.3 Å². The monoisotopic (exact) mass is 243 g/mol. The molecule has 0 fully saturated rings. The SMILES string of the molecule is C=CC(=O)C(=C=CC)SC(=C)c1ccccn1. The van der Waals surface area contributed by atoms with E-state index in [1.807, 2.05) is 18.2 Å². The Balaban J connectivity index is 2.90. The van der Waals surface area contributed by atoms with Crippen LogP contribution in [0, 0.1) is 0 Å². The molecule has 0 aliphatic rings. The van der Waals surface area contributed by atoms with Crippen LogP contribution < -0.4 is 0 Å². The summed E-state index contributed by atoms with van der Waals surface area (Å²) in [6, 6.07) is 5.56. The molecule has 0 radical (unpaired) electrons. The minimum absolute atomic E-state index is 0.162. The molecule has 0 spiro atoms. The second kappa shape index (κ2) is 6.69. The third-order valence-electron chi connectivity index (χ3n) is 1.86. The molecular formula is C14H13NOS. The van der Waals surface area contributed by atoms with Crippen LogP contribution in [0.5, 0.6) is 0 Å². The molecular weight excluding hydrogens is 230 g/mol. The molecule has 0 saturated heterocycles. The number of allylic oxidation sites excluding steroid dienone is 2. The highest BCUT2D eigenvalue weighted by atomic mass is 32.2. The van der Waals surface area contributed by atoms with Gasteiger partial charge in [-0.25, -0.2) is 0 Å². The van der Waals surface area contributed by atoms with E-state index < -0.39 is 0 Å². The fourth-order valence-corrected chi connectivity index (χ4v) is 1.91. The van der Waals surface area contributed by atoms with Gasteiger partial charge in [-0.2, -0.15) is 0 Å². The summed E-state index contributed by atoms with van der Waals surface area (Å²) < 4.78 is 0. The van der Waals surface area contributed by atoms with Gasteiger partial charge >= 0.3 is 0 Å². The van der Waals surface area contributed by atoms with Gasteiger partial charge in [0.2, 0.25) is 0 Å². The fraction of sp³-hybridized carbons (Fsp3) is 0.0714. The van der Waals surface area contributed by atoms with Gasteiger partial charge in [0, 0.05) is 11.1 Å². The number of hydrogen-bond donors (Lipinski definition) is 0. The third-order valence-corrected chi connectivity index (χ3v) is 2.84. The Bertz CT molecular complexity index is 496. The lowest BCUT2D eigenvalue weighted by Crippen LogP contribution is -1.93. The predicted octanol–water partition coefficient (Wildman–Crippen LogP) is 3.60. The Labute approximate surface area is 105 Å². The molecule has 1 aromatic heterocycles. The first-order valence-corrected chi connectivity index (χ1v) is 5.87. The van der Waals surface area contributed by atoms with E-state index in [1.54, 1.807) is 19.2 Å². The van der Waals surface area contributed by atoms with E-state index in [4.69, 9.17) is 0 Å². The van der Waals surface area contributed by atoms with Gasteiger partial charge in [-0.05, 0) is 31.2 Å². The molecule has 0 bridgehead atoms. The van der Waals surface area contributed by atoms with Crippen LogP contribution in [0.3, 0.4) is 0 Å². The molecule has 2 nitrogen and oxygen atoms in total. The number of ketones is 1. The van der Waals surface area contributed by atoms with E-state index in [2.05, 4.69) is 23.9 Å². The summed E-state index contributed by atoms with van der Waals surface area (Å²) in [7, 11) is 0. The van der Waals surface area contributed by atoms with Crippen molar-refractivity contribution in [1.29, 1.82) is 0 Å². The van der Waals surface area contributed by atoms with Gasteiger partial charge in [0.1, 0.15) is 4.91 Å². The summed E-state index contributed by atoms with van der Waals surface area (Å²) in [5.74, 6) is -0.162. The van der Waals surface area contributed by atoms with Crippen LogP contribution >= 0.6 is 11.8 Å². The molecule has 17 heavy (non-hydrogen) atoms. The lowest BCUT2D eigenvalue weighted by Gasteiger charge is -2.04. The van der Waals surface area contributed by atoms with E-state index >= 15 is 0 Å². The van der Waals surface area contributed by atoms with Crippen LogP contribution in [0.4, 0.5) is 0 Å². The van der Waals surface area contributed by atoms with E-state index in [-0.39, 0.29) is 5.78 Å². The molecule has 0 saturated carbocycles. The molecule has 0 aliphatic carbocycles. The summed E-state index contributed by atoms with van der Waals surface area (Å²) in [6.07, 6.45) is 4.65. The molecule has 86 valence electrons. The number of pyridine rings is 1. The first-order chi connectivity index (χ1) is 8.19. The van der Waals surface area contributed by atoms with Crippen LogP contribution in [-0.2, 0) is 4.79 Å². The van der Waals surface area contributed by atoms with Crippen LogP contribution in [-0.4, -0.2) is 10.8 Å². The van der Waals surface area contributed by atoms with Crippen molar-refractivity contribution in [2.75, 3.05) is 0 Å². The lowest BCUT2D eigenvalue weighted by atomic mass is 10.3. The molecule has 0 aliphatic heterocycles. The zero-order chi connectivity index (χ0) is 12.7. The predicted molar refractivity (Wildman–Crippen MR) is 73.3 cm³/mol. The standard InChI is InChI=1S/C14H13NOS/c1-4-8-14(13(16)5-2)17-11(3)12-9-6-7-10-15-12/h4-7,9-10H,2-3H2,1H3. The van der Waals surface area contributed by atoms with E-state index in [0.29, 0.717) is 9.81 Å². The van der Waals surface area contributed by atoms with Crippen molar-refractivity contribution < 1.29 is 4.79 Å². The number of carbonyl (C=O) groups excluding carboxylic acids is 1. The minimum atomic E-state index is -0.162. The van der Waals surface area contributed by atoms with Gasteiger partial charge in [-0.15, -0.1) is 5.73 Å². The first-order valence-electron chi connectivity index (χ1n) is 5.05. The molecule has 3 heteroatoms. The van der Waals surface area contributed by atoms with Gasteiger partial charge < -0.3 is 0 Å². The Morgan fingerprint density at radius 1 is 1.53 bits per heavy atom. The average Bonchev–Trinajstić information content (AvgIpc) is 2.38. The quantitative estimate of drug-likeness (QED) is 0.584. The van der Waals surface area contributed by atoms with Crippen molar-refractivity contribution in [2.45, 2.75) is 6.92 Å². The van der Waals surface area contributed by atoms with Crippen molar-refractivity contribution in [1.82, 2.24) is 4.98 Å².